The number of hydrogen-bond acceptors (Lipinski definition) is 4. The Labute approximate surface area is 195 Å². The lowest BCUT2D eigenvalue weighted by Gasteiger charge is -2.41. The summed E-state index contributed by atoms with van der Waals surface area (Å²) in [4.78, 5) is 15.1. The predicted molar refractivity (Wildman–Crippen MR) is 132 cm³/mol. The molecule has 0 bridgehead atoms. The molecule has 0 radical (unpaired) electrons. The number of carbonyl (C=O) groups excluding carboxylic acids is 1. The van der Waals surface area contributed by atoms with Gasteiger partial charge >= 0.3 is 0 Å². The van der Waals surface area contributed by atoms with Crippen LogP contribution in [0.4, 0.5) is 5.82 Å². The minimum absolute atomic E-state index is 0.0267. The molecule has 2 atom stereocenters. The molecule has 5 heteroatoms. The van der Waals surface area contributed by atoms with E-state index < -0.39 is 0 Å². The first-order valence-corrected chi connectivity index (χ1v) is 12.6. The second-order valence-corrected chi connectivity index (χ2v) is 10.3. The van der Waals surface area contributed by atoms with Crippen LogP contribution in [0.3, 0.4) is 0 Å². The zero-order valence-corrected chi connectivity index (χ0v) is 19.4. The molecule has 33 heavy (non-hydrogen) atoms. The van der Waals surface area contributed by atoms with Crippen LogP contribution in [0.5, 0.6) is 0 Å². The number of benzene rings is 2. The highest BCUT2D eigenvalue weighted by Crippen LogP contribution is 2.39. The molecule has 3 aliphatic rings. The fourth-order valence-corrected chi connectivity index (χ4v) is 5.84. The fourth-order valence-electron chi connectivity index (χ4n) is 5.84. The summed E-state index contributed by atoms with van der Waals surface area (Å²) in [5.41, 5.74) is 4.11. The third kappa shape index (κ3) is 4.09. The van der Waals surface area contributed by atoms with E-state index in [-0.39, 0.29) is 5.91 Å². The molecule has 2 aliphatic carbocycles. The lowest BCUT2D eigenvalue weighted by molar-refractivity contribution is 0.0951. The number of aromatic nitrogens is 2. The van der Waals surface area contributed by atoms with Crippen molar-refractivity contribution < 1.29 is 4.79 Å². The highest BCUT2D eigenvalue weighted by molar-refractivity contribution is 5.98. The van der Waals surface area contributed by atoms with Crippen LogP contribution in [-0.4, -0.2) is 35.2 Å². The molecular formula is C28H32N4O. The molecule has 1 N–H and O–H groups in total. The first-order chi connectivity index (χ1) is 16.2. The number of fused-ring (bicyclic) bond motifs is 2. The zero-order chi connectivity index (χ0) is 22.4. The van der Waals surface area contributed by atoms with Gasteiger partial charge in [-0.2, -0.15) is 5.10 Å². The molecule has 2 aromatic carbocycles. The SMILES string of the molecule is Cc1ccc(C(=O)NC2CC2)cc1-c1ccc2c(N3CC[C@H]4CCCC[C@H]4C3)nncc2c1. The van der Waals surface area contributed by atoms with E-state index in [0.29, 0.717) is 6.04 Å². The fraction of sp³-hybridized carbons (Fsp3) is 0.464. The Balaban J connectivity index is 1.31. The van der Waals surface area contributed by atoms with E-state index in [1.165, 1.54) is 43.1 Å². The van der Waals surface area contributed by atoms with Crippen molar-refractivity contribution in [1.82, 2.24) is 15.5 Å². The summed E-state index contributed by atoms with van der Waals surface area (Å²) in [5, 5.41) is 14.3. The molecule has 1 amide bonds. The molecule has 1 saturated heterocycles. The van der Waals surface area contributed by atoms with Crippen LogP contribution in [-0.2, 0) is 0 Å². The van der Waals surface area contributed by atoms with Gasteiger partial charge in [-0.1, -0.05) is 31.4 Å². The Morgan fingerprint density at radius 3 is 2.70 bits per heavy atom. The second-order valence-electron chi connectivity index (χ2n) is 10.3. The highest BCUT2D eigenvalue weighted by atomic mass is 16.1. The van der Waals surface area contributed by atoms with Gasteiger partial charge in [0.05, 0.1) is 6.20 Å². The van der Waals surface area contributed by atoms with Crippen LogP contribution in [0.15, 0.2) is 42.6 Å². The number of aryl methyl sites for hydroxylation is 1. The number of nitrogens with zero attached hydrogens (tertiary/aromatic N) is 3. The van der Waals surface area contributed by atoms with E-state index in [1.54, 1.807) is 0 Å². The Morgan fingerprint density at radius 1 is 1.00 bits per heavy atom. The minimum Gasteiger partial charge on any atom is -0.354 e. The quantitative estimate of drug-likeness (QED) is 0.581. The van der Waals surface area contributed by atoms with Crippen molar-refractivity contribution in [3.63, 3.8) is 0 Å². The Bertz CT molecular complexity index is 1200. The van der Waals surface area contributed by atoms with Gasteiger partial charge in [0.2, 0.25) is 0 Å². The Hall–Kier alpha value is -2.95. The maximum atomic E-state index is 12.6. The molecule has 2 saturated carbocycles. The summed E-state index contributed by atoms with van der Waals surface area (Å²) in [6.07, 6.45) is 10.9. The normalized spacial score (nSPS) is 22.8. The van der Waals surface area contributed by atoms with Crippen molar-refractivity contribution in [2.24, 2.45) is 11.8 Å². The van der Waals surface area contributed by atoms with E-state index in [0.717, 1.165) is 65.7 Å². The van der Waals surface area contributed by atoms with Gasteiger partial charge in [-0.3, -0.25) is 4.79 Å². The molecule has 170 valence electrons. The average Bonchev–Trinajstić information content (AvgIpc) is 3.67. The zero-order valence-electron chi connectivity index (χ0n) is 19.4. The van der Waals surface area contributed by atoms with E-state index in [2.05, 4.69) is 45.5 Å². The van der Waals surface area contributed by atoms with Crippen molar-refractivity contribution in [2.75, 3.05) is 18.0 Å². The van der Waals surface area contributed by atoms with Crippen LogP contribution in [0.1, 0.15) is 60.9 Å². The summed E-state index contributed by atoms with van der Waals surface area (Å²) >= 11 is 0. The van der Waals surface area contributed by atoms with Gasteiger partial charge in [0.1, 0.15) is 0 Å². The number of anilines is 1. The summed E-state index contributed by atoms with van der Waals surface area (Å²) in [6, 6.07) is 12.9. The van der Waals surface area contributed by atoms with Gasteiger partial charge in [-0.15, -0.1) is 5.10 Å². The van der Waals surface area contributed by atoms with Gasteiger partial charge in [0.25, 0.3) is 5.91 Å². The number of piperidine rings is 1. The second kappa shape index (κ2) is 8.44. The maximum Gasteiger partial charge on any atom is 0.251 e. The van der Waals surface area contributed by atoms with Crippen molar-refractivity contribution in [2.45, 2.75) is 57.9 Å². The molecule has 2 heterocycles. The summed E-state index contributed by atoms with van der Waals surface area (Å²) in [6.45, 7) is 4.29. The Kier molecular flexibility index (Phi) is 5.28. The molecule has 1 aromatic heterocycles. The predicted octanol–water partition coefficient (Wildman–Crippen LogP) is 5.51. The number of hydrogen-bond donors (Lipinski definition) is 1. The van der Waals surface area contributed by atoms with Gasteiger partial charge in [0.15, 0.2) is 5.82 Å². The van der Waals surface area contributed by atoms with E-state index in [4.69, 9.17) is 0 Å². The van der Waals surface area contributed by atoms with E-state index in [1.807, 2.05) is 24.4 Å². The van der Waals surface area contributed by atoms with Gasteiger partial charge in [-0.25, -0.2) is 0 Å². The van der Waals surface area contributed by atoms with Gasteiger partial charge < -0.3 is 10.2 Å². The maximum absolute atomic E-state index is 12.6. The summed E-state index contributed by atoms with van der Waals surface area (Å²) in [7, 11) is 0. The molecule has 6 rings (SSSR count). The molecule has 1 aliphatic heterocycles. The lowest BCUT2D eigenvalue weighted by Crippen LogP contribution is -2.42. The first-order valence-electron chi connectivity index (χ1n) is 12.6. The molecule has 0 unspecified atom stereocenters. The third-order valence-corrected chi connectivity index (χ3v) is 7.96. The largest absolute Gasteiger partial charge is 0.354 e. The first kappa shape index (κ1) is 20.6. The van der Waals surface area contributed by atoms with Crippen LogP contribution in [0.2, 0.25) is 0 Å². The van der Waals surface area contributed by atoms with Crippen molar-refractivity contribution in [3.8, 4) is 11.1 Å². The number of nitrogens with one attached hydrogen (secondary N) is 1. The van der Waals surface area contributed by atoms with Crippen LogP contribution < -0.4 is 10.2 Å². The topological polar surface area (TPSA) is 58.1 Å². The number of amides is 1. The van der Waals surface area contributed by atoms with E-state index >= 15 is 0 Å². The highest BCUT2D eigenvalue weighted by Gasteiger charge is 2.32. The van der Waals surface area contributed by atoms with E-state index in [9.17, 15) is 4.79 Å². The number of rotatable bonds is 4. The minimum atomic E-state index is 0.0267. The Morgan fingerprint density at radius 2 is 1.85 bits per heavy atom. The van der Waals surface area contributed by atoms with Crippen LogP contribution in [0.25, 0.3) is 21.9 Å². The van der Waals surface area contributed by atoms with Crippen molar-refractivity contribution >= 4 is 22.5 Å². The molecule has 5 nitrogen and oxygen atoms in total. The molecule has 0 spiro atoms. The molecular weight excluding hydrogens is 408 g/mol. The molecule has 3 fully saturated rings. The summed E-state index contributed by atoms with van der Waals surface area (Å²) < 4.78 is 0. The van der Waals surface area contributed by atoms with Gasteiger partial charge in [0, 0.05) is 35.5 Å². The summed E-state index contributed by atoms with van der Waals surface area (Å²) in [5.74, 6) is 2.75. The average molecular weight is 441 g/mol. The van der Waals surface area contributed by atoms with Crippen LogP contribution in [0, 0.1) is 18.8 Å². The lowest BCUT2D eigenvalue weighted by atomic mass is 9.75. The third-order valence-electron chi connectivity index (χ3n) is 7.96. The van der Waals surface area contributed by atoms with Crippen molar-refractivity contribution in [3.05, 3.63) is 53.7 Å². The number of carbonyl (C=O) groups is 1. The van der Waals surface area contributed by atoms with Gasteiger partial charge in [-0.05, 0) is 85.4 Å². The van der Waals surface area contributed by atoms with Crippen LogP contribution >= 0.6 is 0 Å². The smallest absolute Gasteiger partial charge is 0.251 e. The molecule has 3 aromatic rings. The monoisotopic (exact) mass is 440 g/mol. The standard InChI is InChI=1S/C28H32N4O/c1-18-6-7-21(28(33)30-24-9-10-24)15-26(18)20-8-11-25-23(14-20)16-29-31-27(25)32-13-12-19-4-2-3-5-22(19)17-32/h6-8,11,14-16,19,22,24H,2-5,9-10,12-13,17H2,1H3,(H,30,33)/t19-,22+/m1/s1. The van der Waals surface area contributed by atoms with Crippen molar-refractivity contribution in [1.29, 1.82) is 0 Å².